The molecule has 0 aliphatic heterocycles. The summed E-state index contributed by atoms with van der Waals surface area (Å²) < 4.78 is 16.6. The lowest BCUT2D eigenvalue weighted by atomic mass is 9.82. The number of rotatable bonds is 14. The number of hydrogen-bond acceptors (Lipinski definition) is 8. The van der Waals surface area contributed by atoms with E-state index in [9.17, 15) is 4.79 Å². The molecule has 0 saturated heterocycles. The van der Waals surface area contributed by atoms with Gasteiger partial charge in [0.1, 0.15) is 17.6 Å². The molecule has 0 bridgehead atoms. The van der Waals surface area contributed by atoms with Crippen molar-refractivity contribution in [3.8, 4) is 5.75 Å². The van der Waals surface area contributed by atoms with Gasteiger partial charge in [0.15, 0.2) is 9.76 Å². The van der Waals surface area contributed by atoms with E-state index in [2.05, 4.69) is 83.0 Å². The zero-order chi connectivity index (χ0) is 29.1. The first-order chi connectivity index (χ1) is 19.9. The maximum Gasteiger partial charge on any atom is 0.330 e. The molecular formula is C32H38N4O4Si. The van der Waals surface area contributed by atoms with E-state index < -0.39 is 21.8 Å². The van der Waals surface area contributed by atoms with Crippen LogP contribution in [-0.4, -0.2) is 52.6 Å². The number of anilines is 2. The Hall–Kier alpha value is -4.21. The summed E-state index contributed by atoms with van der Waals surface area (Å²) in [6, 6.07) is 29.8. The second-order valence-electron chi connectivity index (χ2n) is 10.4. The summed E-state index contributed by atoms with van der Waals surface area (Å²) in [5, 5.41) is 6.27. The van der Waals surface area contributed by atoms with Crippen molar-refractivity contribution >= 4 is 27.5 Å². The number of esters is 1. The Balaban J connectivity index is 1.40. The minimum Gasteiger partial charge on any atom is -0.497 e. The van der Waals surface area contributed by atoms with Gasteiger partial charge in [0.05, 0.1) is 20.8 Å². The molecule has 1 atom stereocenters. The summed E-state index contributed by atoms with van der Waals surface area (Å²) >= 11 is 0. The number of benzene rings is 3. The first kappa shape index (κ1) is 29.8. The van der Waals surface area contributed by atoms with Crippen LogP contribution in [0.3, 0.4) is 0 Å². The van der Waals surface area contributed by atoms with Gasteiger partial charge in [0.2, 0.25) is 5.95 Å². The normalized spacial score (nSPS) is 12.3. The van der Waals surface area contributed by atoms with E-state index in [0.29, 0.717) is 18.3 Å². The highest BCUT2D eigenvalue weighted by molar-refractivity contribution is 6.32. The van der Waals surface area contributed by atoms with Crippen molar-refractivity contribution in [2.45, 2.75) is 37.4 Å². The molecule has 0 spiro atoms. The summed E-state index contributed by atoms with van der Waals surface area (Å²) in [5.74, 6) is 1.51. The van der Waals surface area contributed by atoms with Gasteiger partial charge >= 0.3 is 5.97 Å². The van der Waals surface area contributed by atoms with Crippen LogP contribution >= 0.6 is 0 Å². The highest BCUT2D eigenvalue weighted by atomic mass is 28.2. The van der Waals surface area contributed by atoms with Crippen molar-refractivity contribution in [2.75, 3.05) is 31.5 Å². The van der Waals surface area contributed by atoms with Gasteiger partial charge in [-0.15, -0.1) is 0 Å². The molecule has 1 heterocycles. The Morgan fingerprint density at radius 3 is 2.12 bits per heavy atom. The molecule has 2 N–H and O–H groups in total. The molecule has 1 aromatic heterocycles. The summed E-state index contributed by atoms with van der Waals surface area (Å²) in [5.41, 5.74) is 3.56. The van der Waals surface area contributed by atoms with Crippen LogP contribution in [0.1, 0.15) is 36.5 Å². The van der Waals surface area contributed by atoms with E-state index in [4.69, 9.17) is 13.9 Å². The number of aromatic nitrogens is 2. The molecule has 0 amide bonds. The number of nitrogens with zero attached hydrogens (tertiary/aromatic N) is 2. The fraction of sp³-hybridized carbons (Fsp3) is 0.281. The van der Waals surface area contributed by atoms with E-state index in [1.165, 1.54) is 18.2 Å². The van der Waals surface area contributed by atoms with Crippen LogP contribution in [0, 0.1) is 0 Å². The number of hydrogen-bond donors (Lipinski definition) is 2. The van der Waals surface area contributed by atoms with Crippen LogP contribution in [0.5, 0.6) is 5.75 Å². The van der Waals surface area contributed by atoms with Gasteiger partial charge < -0.3 is 24.5 Å². The minimum atomic E-state index is -1.12. The Morgan fingerprint density at radius 1 is 0.902 bits per heavy atom. The third-order valence-electron chi connectivity index (χ3n) is 6.88. The number of methoxy groups -OCH3 is 2. The summed E-state index contributed by atoms with van der Waals surface area (Å²) in [4.78, 5) is 21.5. The van der Waals surface area contributed by atoms with Crippen LogP contribution in [0.2, 0.25) is 5.04 Å². The third-order valence-corrected chi connectivity index (χ3v) is 8.47. The SMILES string of the molecule is COC(=O)[C@@H](CO[SiH2]C(C)(C)C(c1ccccc1)c1ccccc1)Nc1ccnc(NCc2ccc(OC)cc2)n1. The largest absolute Gasteiger partial charge is 0.497 e. The molecule has 4 rings (SSSR count). The highest BCUT2D eigenvalue weighted by Gasteiger charge is 2.34. The van der Waals surface area contributed by atoms with Crippen LogP contribution in [0.4, 0.5) is 11.8 Å². The molecule has 9 heteroatoms. The molecule has 214 valence electrons. The highest BCUT2D eigenvalue weighted by Crippen LogP contribution is 2.45. The number of carbonyl (C=O) groups is 1. The average molecular weight is 571 g/mol. The standard InChI is InChI=1S/C32H38N4O4Si/c1-32(2,29(24-11-7-5-8-12-24)25-13-9-6-10-14-25)41-40-22-27(30(37)39-4)35-28-19-20-33-31(36-28)34-21-23-15-17-26(38-3)18-16-23/h5-20,27,29H,21-22,41H2,1-4H3,(H2,33,34,35,36)/t27-/m1/s1. The maximum absolute atomic E-state index is 12.7. The van der Waals surface area contributed by atoms with Crippen molar-refractivity contribution in [3.63, 3.8) is 0 Å². The monoisotopic (exact) mass is 570 g/mol. The second-order valence-corrected chi connectivity index (χ2v) is 13.0. The van der Waals surface area contributed by atoms with E-state index >= 15 is 0 Å². The Labute approximate surface area is 244 Å². The molecule has 0 unspecified atom stereocenters. The van der Waals surface area contributed by atoms with Crippen molar-refractivity contribution < 1.29 is 18.7 Å². The van der Waals surface area contributed by atoms with Gasteiger partial charge in [0.25, 0.3) is 0 Å². The molecule has 4 aromatic rings. The van der Waals surface area contributed by atoms with Gasteiger partial charge in [-0.05, 0) is 39.9 Å². The van der Waals surface area contributed by atoms with Gasteiger partial charge in [-0.2, -0.15) is 4.98 Å². The van der Waals surface area contributed by atoms with Crippen molar-refractivity contribution in [1.29, 1.82) is 0 Å². The van der Waals surface area contributed by atoms with Gasteiger partial charge in [0, 0.05) is 18.7 Å². The Kier molecular flexibility index (Phi) is 10.5. The average Bonchev–Trinajstić information content (AvgIpc) is 3.00. The van der Waals surface area contributed by atoms with Crippen molar-refractivity contribution in [3.05, 3.63) is 114 Å². The van der Waals surface area contributed by atoms with Crippen LogP contribution < -0.4 is 15.4 Å². The lowest BCUT2D eigenvalue weighted by Gasteiger charge is -2.35. The number of nitrogens with one attached hydrogen (secondary N) is 2. The summed E-state index contributed by atoms with van der Waals surface area (Å²) in [7, 11) is 1.90. The fourth-order valence-corrected chi connectivity index (χ4v) is 6.36. The molecule has 0 aliphatic rings. The molecule has 0 aliphatic carbocycles. The number of ether oxygens (including phenoxy) is 2. The van der Waals surface area contributed by atoms with E-state index in [1.54, 1.807) is 19.4 Å². The first-order valence-corrected chi connectivity index (χ1v) is 14.9. The zero-order valence-electron chi connectivity index (χ0n) is 24.0. The lowest BCUT2D eigenvalue weighted by Crippen LogP contribution is -2.37. The number of carbonyl (C=O) groups excluding carboxylic acids is 1. The van der Waals surface area contributed by atoms with Crippen LogP contribution in [0.25, 0.3) is 0 Å². The summed E-state index contributed by atoms with van der Waals surface area (Å²) in [6.45, 7) is 5.21. The predicted octanol–water partition coefficient (Wildman–Crippen LogP) is 5.18. The van der Waals surface area contributed by atoms with E-state index in [0.717, 1.165) is 11.3 Å². The smallest absolute Gasteiger partial charge is 0.330 e. The quantitative estimate of drug-likeness (QED) is 0.158. The molecule has 8 nitrogen and oxygen atoms in total. The molecular weight excluding hydrogens is 532 g/mol. The molecule has 0 fully saturated rings. The Bertz CT molecular complexity index is 1330. The van der Waals surface area contributed by atoms with Crippen LogP contribution in [0.15, 0.2) is 97.2 Å². The summed E-state index contributed by atoms with van der Waals surface area (Å²) in [6.07, 6.45) is 1.64. The second kappa shape index (κ2) is 14.4. The minimum absolute atomic E-state index is 0.128. The molecule has 3 aromatic carbocycles. The fourth-order valence-electron chi connectivity index (χ4n) is 4.85. The maximum atomic E-state index is 12.7. The van der Waals surface area contributed by atoms with E-state index in [-0.39, 0.29) is 17.6 Å². The predicted molar refractivity (Wildman–Crippen MR) is 165 cm³/mol. The Morgan fingerprint density at radius 2 is 1.54 bits per heavy atom. The topological polar surface area (TPSA) is 94.6 Å². The van der Waals surface area contributed by atoms with Gasteiger partial charge in [-0.25, -0.2) is 9.78 Å². The molecule has 0 saturated carbocycles. The third kappa shape index (κ3) is 8.39. The molecule has 41 heavy (non-hydrogen) atoms. The van der Waals surface area contributed by atoms with Gasteiger partial charge in [-0.1, -0.05) is 86.6 Å². The molecule has 0 radical (unpaired) electrons. The van der Waals surface area contributed by atoms with E-state index in [1.807, 2.05) is 36.4 Å². The van der Waals surface area contributed by atoms with Crippen molar-refractivity contribution in [1.82, 2.24) is 9.97 Å². The van der Waals surface area contributed by atoms with Crippen molar-refractivity contribution in [2.24, 2.45) is 0 Å². The van der Waals surface area contributed by atoms with Crippen LogP contribution in [-0.2, 0) is 20.5 Å². The lowest BCUT2D eigenvalue weighted by molar-refractivity contribution is -0.142. The zero-order valence-corrected chi connectivity index (χ0v) is 25.5. The van der Waals surface area contributed by atoms with Gasteiger partial charge in [-0.3, -0.25) is 0 Å². The first-order valence-electron chi connectivity index (χ1n) is 13.6.